The number of rotatable bonds is 7. The van der Waals surface area contributed by atoms with Gasteiger partial charge in [-0.3, -0.25) is 9.69 Å². The second-order valence-electron chi connectivity index (χ2n) is 7.36. The average molecular weight is 391 g/mol. The van der Waals surface area contributed by atoms with Gasteiger partial charge < -0.3 is 20.6 Å². The van der Waals surface area contributed by atoms with Crippen molar-refractivity contribution in [1.82, 2.24) is 20.4 Å². The lowest BCUT2D eigenvalue weighted by atomic mass is 10.1. The van der Waals surface area contributed by atoms with E-state index in [9.17, 15) is 14.3 Å². The topological polar surface area (TPSA) is 80.2 Å². The number of guanidine groups is 1. The second-order valence-corrected chi connectivity index (χ2v) is 7.36. The maximum absolute atomic E-state index is 13.5. The van der Waals surface area contributed by atoms with Crippen molar-refractivity contribution in [3.05, 3.63) is 35.1 Å². The van der Waals surface area contributed by atoms with E-state index < -0.39 is 5.82 Å². The largest absolute Gasteiger partial charge is 0.392 e. The lowest BCUT2D eigenvalue weighted by Crippen LogP contribution is -2.54. The highest BCUT2D eigenvalue weighted by Crippen LogP contribution is 2.18. The van der Waals surface area contributed by atoms with Gasteiger partial charge in [0, 0.05) is 44.3 Å². The first kappa shape index (κ1) is 20.5. The molecule has 1 saturated heterocycles. The molecule has 8 heteroatoms. The van der Waals surface area contributed by atoms with Gasteiger partial charge >= 0.3 is 0 Å². The van der Waals surface area contributed by atoms with Crippen molar-refractivity contribution in [3.8, 4) is 0 Å². The molecule has 0 radical (unpaired) electrons. The number of carbonyl (C=O) groups excluding carboxylic acids is 1. The maximum atomic E-state index is 13.5. The molecule has 0 bridgehead atoms. The van der Waals surface area contributed by atoms with Gasteiger partial charge in [0.1, 0.15) is 5.82 Å². The molecule has 1 amide bonds. The van der Waals surface area contributed by atoms with Crippen molar-refractivity contribution < 1.29 is 14.3 Å². The summed E-state index contributed by atoms with van der Waals surface area (Å²) in [6, 6.07) is 5.12. The summed E-state index contributed by atoms with van der Waals surface area (Å²) in [4.78, 5) is 21.0. The number of carbonyl (C=O) groups is 1. The van der Waals surface area contributed by atoms with E-state index >= 15 is 0 Å². The fraction of sp³-hybridized carbons (Fsp3) is 0.600. The number of amides is 1. The predicted molar refractivity (Wildman–Crippen MR) is 106 cm³/mol. The van der Waals surface area contributed by atoms with Crippen LogP contribution < -0.4 is 10.6 Å². The van der Waals surface area contributed by atoms with E-state index in [-0.39, 0.29) is 18.1 Å². The highest BCUT2D eigenvalue weighted by atomic mass is 19.1. The van der Waals surface area contributed by atoms with Crippen LogP contribution in [0.3, 0.4) is 0 Å². The van der Waals surface area contributed by atoms with E-state index in [1.54, 1.807) is 12.1 Å². The lowest BCUT2D eigenvalue weighted by Gasteiger charge is -2.36. The van der Waals surface area contributed by atoms with E-state index in [0.717, 1.165) is 57.1 Å². The normalized spacial score (nSPS) is 18.2. The van der Waals surface area contributed by atoms with Gasteiger partial charge in [-0.1, -0.05) is 6.07 Å². The molecule has 1 saturated carbocycles. The van der Waals surface area contributed by atoms with E-state index in [4.69, 9.17) is 0 Å². The third-order valence-electron chi connectivity index (χ3n) is 5.01. The summed E-state index contributed by atoms with van der Waals surface area (Å²) in [6.07, 6.45) is 2.21. The minimum Gasteiger partial charge on any atom is -0.392 e. The lowest BCUT2D eigenvalue weighted by molar-refractivity contribution is -0.122. The van der Waals surface area contributed by atoms with Gasteiger partial charge in [-0.2, -0.15) is 0 Å². The number of aliphatic hydroxyl groups is 1. The van der Waals surface area contributed by atoms with Crippen molar-refractivity contribution >= 4 is 11.9 Å². The molecule has 2 fully saturated rings. The molecule has 1 heterocycles. The molecule has 0 spiro atoms. The van der Waals surface area contributed by atoms with Gasteiger partial charge in [-0.25, -0.2) is 9.38 Å². The summed E-state index contributed by atoms with van der Waals surface area (Å²) in [6.45, 7) is 6.56. The van der Waals surface area contributed by atoms with Crippen molar-refractivity contribution in [1.29, 1.82) is 0 Å². The van der Waals surface area contributed by atoms with Crippen LogP contribution in [0.1, 0.15) is 30.9 Å². The molecule has 3 N–H and O–H groups in total. The standard InChI is InChI=1S/C20H30FN5O2/c1-2-22-20(23-12-15-3-6-18(21)16(11-15)14-27)26-9-7-25(8-10-26)13-19(28)24-17-4-5-17/h3,6,11,17,27H,2,4-5,7-10,12-14H2,1H3,(H,22,23)(H,24,28). The number of benzene rings is 1. The number of hydrogen-bond donors (Lipinski definition) is 3. The molecular weight excluding hydrogens is 361 g/mol. The number of halogens is 1. The summed E-state index contributed by atoms with van der Waals surface area (Å²) in [5, 5.41) is 15.6. The number of aliphatic imine (C=N–C) groups is 1. The molecule has 154 valence electrons. The molecule has 7 nitrogen and oxygen atoms in total. The van der Waals surface area contributed by atoms with Crippen LogP contribution in [-0.2, 0) is 17.9 Å². The summed E-state index contributed by atoms with van der Waals surface area (Å²) < 4.78 is 13.5. The Bertz CT molecular complexity index is 700. The van der Waals surface area contributed by atoms with E-state index in [1.807, 2.05) is 6.92 Å². The first-order valence-electron chi connectivity index (χ1n) is 10.0. The summed E-state index contributed by atoms with van der Waals surface area (Å²) in [7, 11) is 0. The Balaban J connectivity index is 1.53. The van der Waals surface area contributed by atoms with Crippen molar-refractivity contribution in [3.63, 3.8) is 0 Å². The predicted octanol–water partition coefficient (Wildman–Crippen LogP) is 0.680. The molecule has 0 aromatic heterocycles. The summed E-state index contributed by atoms with van der Waals surface area (Å²) in [5.41, 5.74) is 1.15. The van der Waals surface area contributed by atoms with Crippen LogP contribution in [0.25, 0.3) is 0 Å². The van der Waals surface area contributed by atoms with Gasteiger partial charge in [-0.05, 0) is 37.5 Å². The number of nitrogens with zero attached hydrogens (tertiary/aromatic N) is 3. The molecule has 0 atom stereocenters. The molecule has 0 unspecified atom stereocenters. The van der Waals surface area contributed by atoms with Crippen LogP contribution in [-0.4, -0.2) is 72.1 Å². The van der Waals surface area contributed by atoms with Crippen LogP contribution in [0, 0.1) is 5.82 Å². The first-order valence-corrected chi connectivity index (χ1v) is 10.0. The Morgan fingerprint density at radius 3 is 2.68 bits per heavy atom. The van der Waals surface area contributed by atoms with Crippen LogP contribution >= 0.6 is 0 Å². The number of piperazine rings is 1. The van der Waals surface area contributed by atoms with Crippen molar-refractivity contribution in [2.75, 3.05) is 39.3 Å². The van der Waals surface area contributed by atoms with E-state index in [2.05, 4.69) is 25.4 Å². The van der Waals surface area contributed by atoms with Gasteiger partial charge in [0.2, 0.25) is 5.91 Å². The molecular formula is C20H30FN5O2. The Labute approximate surface area is 165 Å². The highest BCUT2D eigenvalue weighted by molar-refractivity contribution is 5.80. The van der Waals surface area contributed by atoms with Gasteiger partial charge in [0.15, 0.2) is 5.96 Å². The van der Waals surface area contributed by atoms with Crippen LogP contribution in [0.15, 0.2) is 23.2 Å². The van der Waals surface area contributed by atoms with E-state index in [1.165, 1.54) is 6.07 Å². The smallest absolute Gasteiger partial charge is 0.234 e. The number of nitrogens with one attached hydrogen (secondary N) is 2. The summed E-state index contributed by atoms with van der Waals surface area (Å²) in [5.74, 6) is 0.538. The summed E-state index contributed by atoms with van der Waals surface area (Å²) >= 11 is 0. The monoisotopic (exact) mass is 391 g/mol. The Morgan fingerprint density at radius 2 is 2.04 bits per heavy atom. The van der Waals surface area contributed by atoms with Gasteiger partial charge in [0.05, 0.1) is 19.7 Å². The molecule has 1 aromatic carbocycles. The van der Waals surface area contributed by atoms with E-state index in [0.29, 0.717) is 19.1 Å². The van der Waals surface area contributed by atoms with Crippen LogP contribution in [0.2, 0.25) is 0 Å². The molecule has 28 heavy (non-hydrogen) atoms. The van der Waals surface area contributed by atoms with Crippen molar-refractivity contribution in [2.45, 2.75) is 39.0 Å². The highest BCUT2D eigenvalue weighted by Gasteiger charge is 2.25. The zero-order valence-corrected chi connectivity index (χ0v) is 16.5. The quantitative estimate of drug-likeness (QED) is 0.471. The minimum atomic E-state index is -0.399. The zero-order valence-electron chi connectivity index (χ0n) is 16.5. The average Bonchev–Trinajstić information content (AvgIpc) is 3.50. The first-order chi connectivity index (χ1) is 13.6. The maximum Gasteiger partial charge on any atom is 0.234 e. The third kappa shape index (κ3) is 5.90. The van der Waals surface area contributed by atoms with Gasteiger partial charge in [0.25, 0.3) is 0 Å². The molecule has 3 rings (SSSR count). The van der Waals surface area contributed by atoms with Gasteiger partial charge in [-0.15, -0.1) is 0 Å². The molecule has 2 aliphatic rings. The second kappa shape index (κ2) is 9.84. The van der Waals surface area contributed by atoms with Crippen molar-refractivity contribution in [2.24, 2.45) is 4.99 Å². The molecule has 1 aliphatic heterocycles. The number of hydrogen-bond acceptors (Lipinski definition) is 4. The molecule has 1 aliphatic carbocycles. The SMILES string of the molecule is CCNC(=NCc1ccc(F)c(CO)c1)N1CCN(CC(=O)NC2CC2)CC1. The van der Waals surface area contributed by atoms with Crippen LogP contribution in [0.5, 0.6) is 0 Å². The minimum absolute atomic E-state index is 0.118. The molecule has 1 aromatic rings. The van der Waals surface area contributed by atoms with Crippen LogP contribution in [0.4, 0.5) is 4.39 Å². The zero-order chi connectivity index (χ0) is 19.9. The fourth-order valence-electron chi connectivity index (χ4n) is 3.26. The Hall–Kier alpha value is -2.19. The third-order valence-corrected chi connectivity index (χ3v) is 5.01. The Morgan fingerprint density at radius 1 is 1.29 bits per heavy atom. The number of aliphatic hydroxyl groups excluding tert-OH is 1. The fourth-order valence-corrected chi connectivity index (χ4v) is 3.26. The Kier molecular flexibility index (Phi) is 7.22.